The number of benzene rings is 1. The fourth-order valence-electron chi connectivity index (χ4n) is 1.83. The summed E-state index contributed by atoms with van der Waals surface area (Å²) in [5.41, 5.74) is 1.10. The van der Waals surface area contributed by atoms with Gasteiger partial charge in [-0.15, -0.1) is 0 Å². The lowest BCUT2D eigenvalue weighted by molar-refractivity contribution is 0.292. The minimum absolute atomic E-state index is 0.493. The first-order chi connectivity index (χ1) is 10.2. The third-order valence-electron chi connectivity index (χ3n) is 2.90. The summed E-state index contributed by atoms with van der Waals surface area (Å²) >= 11 is 3.46. The zero-order chi connectivity index (χ0) is 15.1. The van der Waals surface area contributed by atoms with Crippen LogP contribution in [0, 0.1) is 0 Å². The molecule has 0 saturated heterocycles. The fraction of sp³-hybridized carbons (Fsp3) is 0.375. The van der Waals surface area contributed by atoms with E-state index < -0.39 is 0 Å². The summed E-state index contributed by atoms with van der Waals surface area (Å²) in [6.45, 7) is 5.55. The number of nitrogens with zero attached hydrogens (tertiary/aromatic N) is 2. The van der Waals surface area contributed by atoms with Crippen LogP contribution in [0.15, 0.2) is 34.8 Å². The number of ether oxygens (including phenoxy) is 1. The Kier molecular flexibility index (Phi) is 5.99. The number of aromatic nitrogens is 2. The Hall–Kier alpha value is -1.62. The predicted molar refractivity (Wildman–Crippen MR) is 88.7 cm³/mol. The largest absolute Gasteiger partial charge is 0.473 e. The molecule has 112 valence electrons. The molecule has 0 radical (unpaired) electrons. The maximum Gasteiger partial charge on any atom is 0.219 e. The highest BCUT2D eigenvalue weighted by molar-refractivity contribution is 9.10. The van der Waals surface area contributed by atoms with Gasteiger partial charge in [-0.1, -0.05) is 41.9 Å². The summed E-state index contributed by atoms with van der Waals surface area (Å²) in [6.07, 6.45) is 1.84. The number of nitrogens with one attached hydrogen (secondary N) is 1. The molecule has 0 aliphatic heterocycles. The summed E-state index contributed by atoms with van der Waals surface area (Å²) in [7, 11) is 0. The summed E-state index contributed by atoms with van der Waals surface area (Å²) in [5, 5.41) is 3.28. The van der Waals surface area contributed by atoms with Crippen LogP contribution in [-0.2, 0) is 13.0 Å². The van der Waals surface area contributed by atoms with Crippen LogP contribution in [0.4, 0.5) is 5.82 Å². The highest BCUT2D eigenvalue weighted by Gasteiger charge is 2.05. The van der Waals surface area contributed by atoms with E-state index in [0.717, 1.165) is 41.1 Å². The first-order valence-corrected chi connectivity index (χ1v) is 7.99. The van der Waals surface area contributed by atoms with E-state index in [-0.39, 0.29) is 0 Å². The van der Waals surface area contributed by atoms with E-state index in [0.29, 0.717) is 12.5 Å². The Morgan fingerprint density at radius 2 is 2.05 bits per heavy atom. The molecular formula is C16H20BrN3O. The van der Waals surface area contributed by atoms with Crippen molar-refractivity contribution in [3.05, 3.63) is 46.2 Å². The van der Waals surface area contributed by atoms with Crippen molar-refractivity contribution < 1.29 is 4.74 Å². The zero-order valence-electron chi connectivity index (χ0n) is 12.4. The molecule has 1 aromatic carbocycles. The molecule has 1 heterocycles. The van der Waals surface area contributed by atoms with Gasteiger partial charge in [-0.05, 0) is 24.1 Å². The monoisotopic (exact) mass is 349 g/mol. The lowest BCUT2D eigenvalue weighted by Gasteiger charge is -2.10. The van der Waals surface area contributed by atoms with Crippen molar-refractivity contribution >= 4 is 21.7 Å². The van der Waals surface area contributed by atoms with E-state index in [1.165, 1.54) is 0 Å². The van der Waals surface area contributed by atoms with Gasteiger partial charge in [0.25, 0.3) is 0 Å². The van der Waals surface area contributed by atoms with Gasteiger partial charge in [0.1, 0.15) is 18.2 Å². The van der Waals surface area contributed by atoms with Gasteiger partial charge in [-0.25, -0.2) is 4.98 Å². The SMILES string of the molecule is CCCNc1cc(OCc2cccc(Br)c2)nc(CC)n1. The first-order valence-electron chi connectivity index (χ1n) is 7.20. The molecule has 5 heteroatoms. The minimum atomic E-state index is 0.493. The van der Waals surface area contributed by atoms with E-state index >= 15 is 0 Å². The van der Waals surface area contributed by atoms with Crippen molar-refractivity contribution in [1.82, 2.24) is 9.97 Å². The van der Waals surface area contributed by atoms with Gasteiger partial charge in [-0.3, -0.25) is 0 Å². The highest BCUT2D eigenvalue weighted by Crippen LogP contribution is 2.17. The molecule has 2 aromatic rings. The summed E-state index contributed by atoms with van der Waals surface area (Å²) in [6, 6.07) is 9.92. The molecule has 1 N–H and O–H groups in total. The summed E-state index contributed by atoms with van der Waals surface area (Å²) < 4.78 is 6.85. The van der Waals surface area contributed by atoms with Crippen LogP contribution < -0.4 is 10.1 Å². The van der Waals surface area contributed by atoms with Crippen molar-refractivity contribution in [1.29, 1.82) is 0 Å². The summed E-state index contributed by atoms with van der Waals surface area (Å²) in [4.78, 5) is 8.86. The van der Waals surface area contributed by atoms with E-state index in [1.54, 1.807) is 0 Å². The van der Waals surface area contributed by atoms with E-state index in [9.17, 15) is 0 Å². The molecule has 0 amide bonds. The first kappa shape index (κ1) is 15.8. The Labute approximate surface area is 134 Å². The summed E-state index contributed by atoms with van der Waals surface area (Å²) in [5.74, 6) is 2.23. The Balaban J connectivity index is 2.07. The van der Waals surface area contributed by atoms with Crippen LogP contribution in [0.3, 0.4) is 0 Å². The van der Waals surface area contributed by atoms with E-state index in [1.807, 2.05) is 37.3 Å². The molecule has 21 heavy (non-hydrogen) atoms. The van der Waals surface area contributed by atoms with Gasteiger partial charge < -0.3 is 10.1 Å². The Morgan fingerprint density at radius 1 is 1.19 bits per heavy atom. The van der Waals surface area contributed by atoms with Crippen LogP contribution in [0.25, 0.3) is 0 Å². The Morgan fingerprint density at radius 3 is 2.76 bits per heavy atom. The second-order valence-electron chi connectivity index (χ2n) is 4.71. The van der Waals surface area contributed by atoms with Gasteiger partial charge in [0.15, 0.2) is 0 Å². The maximum atomic E-state index is 5.80. The topological polar surface area (TPSA) is 47.0 Å². The molecule has 0 spiro atoms. The third kappa shape index (κ3) is 5.01. The molecule has 0 unspecified atom stereocenters. The van der Waals surface area contributed by atoms with E-state index in [2.05, 4.69) is 38.1 Å². The number of rotatable bonds is 7. The lowest BCUT2D eigenvalue weighted by atomic mass is 10.2. The van der Waals surface area contributed by atoms with Gasteiger partial charge in [0, 0.05) is 23.5 Å². The third-order valence-corrected chi connectivity index (χ3v) is 3.39. The molecule has 0 aliphatic carbocycles. The highest BCUT2D eigenvalue weighted by atomic mass is 79.9. The van der Waals surface area contributed by atoms with Crippen molar-refractivity contribution in [2.24, 2.45) is 0 Å². The molecule has 4 nitrogen and oxygen atoms in total. The average molecular weight is 350 g/mol. The molecular weight excluding hydrogens is 330 g/mol. The van der Waals surface area contributed by atoms with Gasteiger partial charge in [0.2, 0.25) is 5.88 Å². The smallest absolute Gasteiger partial charge is 0.219 e. The minimum Gasteiger partial charge on any atom is -0.473 e. The molecule has 0 fully saturated rings. The van der Waals surface area contributed by atoms with Crippen molar-refractivity contribution in [2.45, 2.75) is 33.3 Å². The molecule has 1 aromatic heterocycles. The molecule has 0 atom stereocenters. The number of hydrogen-bond acceptors (Lipinski definition) is 4. The van der Waals surface area contributed by atoms with Crippen molar-refractivity contribution in [2.75, 3.05) is 11.9 Å². The maximum absolute atomic E-state index is 5.80. The standard InChI is InChI=1S/C16H20BrN3O/c1-3-8-18-15-10-16(20-14(4-2)19-15)21-11-12-6-5-7-13(17)9-12/h5-7,9-10H,3-4,8,11H2,1-2H3,(H,18,19,20). The lowest BCUT2D eigenvalue weighted by Crippen LogP contribution is -2.07. The normalized spacial score (nSPS) is 10.4. The molecule has 0 aliphatic rings. The van der Waals surface area contributed by atoms with Crippen LogP contribution in [-0.4, -0.2) is 16.5 Å². The number of halogens is 1. The zero-order valence-corrected chi connectivity index (χ0v) is 14.0. The van der Waals surface area contributed by atoms with Crippen molar-refractivity contribution in [3.63, 3.8) is 0 Å². The van der Waals surface area contributed by atoms with Gasteiger partial charge in [-0.2, -0.15) is 4.98 Å². The predicted octanol–water partition coefficient (Wildman–Crippen LogP) is 4.20. The van der Waals surface area contributed by atoms with E-state index in [4.69, 9.17) is 4.74 Å². The van der Waals surface area contributed by atoms with Crippen LogP contribution in [0.2, 0.25) is 0 Å². The molecule has 0 bridgehead atoms. The Bertz CT molecular complexity index is 589. The molecule has 0 saturated carbocycles. The quantitative estimate of drug-likeness (QED) is 0.813. The van der Waals surface area contributed by atoms with Crippen molar-refractivity contribution in [3.8, 4) is 5.88 Å². The van der Waals surface area contributed by atoms with Crippen LogP contribution in [0.1, 0.15) is 31.7 Å². The number of anilines is 1. The molecule has 2 rings (SSSR count). The average Bonchev–Trinajstić information content (AvgIpc) is 2.51. The number of aryl methyl sites for hydroxylation is 1. The second kappa shape index (κ2) is 7.98. The van der Waals surface area contributed by atoms with Gasteiger partial charge >= 0.3 is 0 Å². The van der Waals surface area contributed by atoms with Crippen LogP contribution in [0.5, 0.6) is 5.88 Å². The van der Waals surface area contributed by atoms with Crippen LogP contribution >= 0.6 is 15.9 Å². The second-order valence-corrected chi connectivity index (χ2v) is 5.62. The number of hydrogen-bond donors (Lipinski definition) is 1. The van der Waals surface area contributed by atoms with Gasteiger partial charge in [0.05, 0.1) is 0 Å². The fourth-order valence-corrected chi connectivity index (χ4v) is 2.28.